The van der Waals surface area contributed by atoms with E-state index in [1.165, 1.54) is 0 Å². The maximum atomic E-state index is 10.9. The fourth-order valence-electron chi connectivity index (χ4n) is 1.53. The molecule has 18 heavy (non-hydrogen) atoms. The Kier molecular flexibility index (Phi) is 3.50. The highest BCUT2D eigenvalue weighted by Gasteiger charge is 1.96. The second-order valence-corrected chi connectivity index (χ2v) is 5.69. The maximum absolute atomic E-state index is 10.9. The zero-order chi connectivity index (χ0) is 13.0. The molecule has 0 N–H and O–H groups in total. The van der Waals surface area contributed by atoms with E-state index in [9.17, 15) is 8.42 Å². The molecule has 0 aromatic heterocycles. The van der Waals surface area contributed by atoms with Gasteiger partial charge in [0.1, 0.15) is 0 Å². The van der Waals surface area contributed by atoms with Crippen LogP contribution < -0.4 is 0 Å². The Hall–Kier alpha value is -2.05. The van der Waals surface area contributed by atoms with E-state index in [0.717, 1.165) is 17.4 Å². The van der Waals surface area contributed by atoms with Crippen molar-refractivity contribution in [2.75, 3.05) is 6.26 Å². The van der Waals surface area contributed by atoms with E-state index in [1.807, 2.05) is 54.6 Å². The summed E-state index contributed by atoms with van der Waals surface area (Å²) < 4.78 is 21.8. The predicted octanol–water partition coefficient (Wildman–Crippen LogP) is 2.71. The van der Waals surface area contributed by atoms with E-state index < -0.39 is 9.84 Å². The van der Waals surface area contributed by atoms with Gasteiger partial charge in [0, 0.05) is 10.8 Å². The second kappa shape index (κ2) is 5.07. The topological polar surface area (TPSA) is 34.1 Å². The molecule has 3 heteroatoms. The standard InChI is InChI=1S/C15H12O2S/c1-18(16,17)12-11-13-7-9-15(10-8-13)14-5-3-2-4-6-14/h2-10H,1H3. The molecule has 2 nitrogen and oxygen atoms in total. The molecule has 2 aromatic rings. The molecule has 0 fully saturated rings. The van der Waals surface area contributed by atoms with Gasteiger partial charge in [-0.05, 0) is 23.3 Å². The molecule has 0 aliphatic carbocycles. The molecular weight excluding hydrogens is 244 g/mol. The SMILES string of the molecule is CS(=O)(=O)C#Cc1ccc(-c2ccccc2)cc1. The van der Waals surface area contributed by atoms with Crippen molar-refractivity contribution in [1.82, 2.24) is 0 Å². The minimum absolute atomic E-state index is 0.695. The van der Waals surface area contributed by atoms with Crippen molar-refractivity contribution in [1.29, 1.82) is 0 Å². The molecular formula is C15H12O2S. The van der Waals surface area contributed by atoms with Crippen LogP contribution in [0, 0.1) is 11.2 Å². The summed E-state index contributed by atoms with van der Waals surface area (Å²) in [5.41, 5.74) is 2.90. The quantitative estimate of drug-likeness (QED) is 0.735. The average Bonchev–Trinajstić information content (AvgIpc) is 2.37. The van der Waals surface area contributed by atoms with Gasteiger partial charge in [-0.1, -0.05) is 48.4 Å². The molecule has 0 atom stereocenters. The molecule has 0 aliphatic heterocycles. The van der Waals surface area contributed by atoms with Crippen LogP contribution in [-0.2, 0) is 9.84 Å². The van der Waals surface area contributed by atoms with Gasteiger partial charge < -0.3 is 0 Å². The van der Waals surface area contributed by atoms with Gasteiger partial charge in [0.15, 0.2) is 0 Å². The van der Waals surface area contributed by atoms with Crippen LogP contribution in [0.2, 0.25) is 0 Å². The van der Waals surface area contributed by atoms with Crippen molar-refractivity contribution in [2.45, 2.75) is 0 Å². The van der Waals surface area contributed by atoms with Gasteiger partial charge in [-0.2, -0.15) is 0 Å². The molecule has 0 aliphatic rings. The number of hydrogen-bond acceptors (Lipinski definition) is 2. The van der Waals surface area contributed by atoms with Crippen molar-refractivity contribution in [3.63, 3.8) is 0 Å². The normalized spacial score (nSPS) is 10.5. The Labute approximate surface area is 107 Å². The number of benzene rings is 2. The van der Waals surface area contributed by atoms with E-state index in [0.29, 0.717) is 5.56 Å². The zero-order valence-corrected chi connectivity index (χ0v) is 10.7. The summed E-state index contributed by atoms with van der Waals surface area (Å²) in [6.45, 7) is 0. The van der Waals surface area contributed by atoms with Gasteiger partial charge in [0.05, 0.1) is 6.26 Å². The van der Waals surface area contributed by atoms with E-state index in [-0.39, 0.29) is 0 Å². The monoisotopic (exact) mass is 256 g/mol. The van der Waals surface area contributed by atoms with Crippen molar-refractivity contribution in [3.05, 3.63) is 60.2 Å². The fourth-order valence-corrected chi connectivity index (χ4v) is 1.83. The first kappa shape index (κ1) is 12.4. The van der Waals surface area contributed by atoms with Crippen molar-refractivity contribution >= 4 is 9.84 Å². The number of rotatable bonds is 1. The van der Waals surface area contributed by atoms with Crippen molar-refractivity contribution in [3.8, 4) is 22.3 Å². The van der Waals surface area contributed by atoms with Crippen LogP contribution in [0.4, 0.5) is 0 Å². The van der Waals surface area contributed by atoms with E-state index in [4.69, 9.17) is 0 Å². The molecule has 0 bridgehead atoms. The molecule has 0 amide bonds. The molecule has 2 rings (SSSR count). The first-order valence-electron chi connectivity index (χ1n) is 5.43. The van der Waals surface area contributed by atoms with Crippen LogP contribution in [0.1, 0.15) is 5.56 Å². The summed E-state index contributed by atoms with van der Waals surface area (Å²) in [7, 11) is -3.25. The third kappa shape index (κ3) is 3.47. The zero-order valence-electron chi connectivity index (χ0n) is 9.92. The second-order valence-electron chi connectivity index (χ2n) is 3.94. The van der Waals surface area contributed by atoms with E-state index in [1.54, 1.807) is 0 Å². The Morgan fingerprint density at radius 2 is 1.39 bits per heavy atom. The molecule has 0 saturated carbocycles. The van der Waals surface area contributed by atoms with Crippen molar-refractivity contribution < 1.29 is 8.42 Å². The fraction of sp³-hybridized carbons (Fsp3) is 0.0667. The lowest BCUT2D eigenvalue weighted by Gasteiger charge is -2.00. The molecule has 90 valence electrons. The summed E-state index contributed by atoms with van der Waals surface area (Å²) in [6.07, 6.45) is 1.10. The molecule has 0 saturated heterocycles. The van der Waals surface area contributed by atoms with Crippen LogP contribution in [0.5, 0.6) is 0 Å². The Bertz CT molecular complexity index is 688. The van der Waals surface area contributed by atoms with Gasteiger partial charge in [0.25, 0.3) is 0 Å². The highest BCUT2D eigenvalue weighted by Crippen LogP contribution is 2.18. The predicted molar refractivity (Wildman–Crippen MR) is 73.6 cm³/mol. The molecule has 0 heterocycles. The van der Waals surface area contributed by atoms with Crippen LogP contribution in [0.3, 0.4) is 0 Å². The van der Waals surface area contributed by atoms with Crippen LogP contribution >= 0.6 is 0 Å². The van der Waals surface area contributed by atoms with Crippen molar-refractivity contribution in [2.24, 2.45) is 0 Å². The first-order chi connectivity index (χ1) is 8.54. The third-order valence-electron chi connectivity index (χ3n) is 2.37. The summed E-state index contributed by atoms with van der Waals surface area (Å²) in [6, 6.07) is 17.5. The molecule has 0 unspecified atom stereocenters. The summed E-state index contributed by atoms with van der Waals surface area (Å²) >= 11 is 0. The Balaban J connectivity index is 2.28. The van der Waals surface area contributed by atoms with Gasteiger partial charge in [-0.25, -0.2) is 8.42 Å². The lowest BCUT2D eigenvalue weighted by atomic mass is 10.0. The molecule has 0 spiro atoms. The van der Waals surface area contributed by atoms with Gasteiger partial charge in [-0.3, -0.25) is 0 Å². The van der Waals surface area contributed by atoms with Crippen LogP contribution in [0.15, 0.2) is 54.6 Å². The van der Waals surface area contributed by atoms with Crippen LogP contribution in [-0.4, -0.2) is 14.7 Å². The Morgan fingerprint density at radius 1 is 0.833 bits per heavy atom. The summed E-state index contributed by atoms with van der Waals surface area (Å²) in [5, 5.41) is 2.22. The lowest BCUT2D eigenvalue weighted by Crippen LogP contribution is -1.89. The highest BCUT2D eigenvalue weighted by atomic mass is 32.2. The van der Waals surface area contributed by atoms with Gasteiger partial charge >= 0.3 is 0 Å². The average molecular weight is 256 g/mol. The molecule has 0 radical (unpaired) electrons. The van der Waals surface area contributed by atoms with Crippen LogP contribution in [0.25, 0.3) is 11.1 Å². The lowest BCUT2D eigenvalue weighted by molar-refractivity contribution is 0.611. The third-order valence-corrected chi connectivity index (χ3v) is 2.85. The smallest absolute Gasteiger partial charge is 0.214 e. The van der Waals surface area contributed by atoms with Gasteiger partial charge in [-0.15, -0.1) is 0 Å². The minimum atomic E-state index is -3.25. The summed E-state index contributed by atoms with van der Waals surface area (Å²) in [5.74, 6) is 2.63. The van der Waals surface area contributed by atoms with E-state index in [2.05, 4.69) is 11.2 Å². The number of sulfone groups is 1. The first-order valence-corrected chi connectivity index (χ1v) is 7.32. The van der Waals surface area contributed by atoms with Gasteiger partial charge in [0.2, 0.25) is 9.84 Å². The molecule has 2 aromatic carbocycles. The summed E-state index contributed by atoms with van der Waals surface area (Å²) in [4.78, 5) is 0. The maximum Gasteiger partial charge on any atom is 0.214 e. The Morgan fingerprint density at radius 3 is 1.94 bits per heavy atom. The minimum Gasteiger partial charge on any atom is -0.216 e. The largest absolute Gasteiger partial charge is 0.216 e. The number of hydrogen-bond donors (Lipinski definition) is 0. The van der Waals surface area contributed by atoms with E-state index >= 15 is 0 Å². The highest BCUT2D eigenvalue weighted by molar-refractivity contribution is 7.95.